The van der Waals surface area contributed by atoms with Crippen LogP contribution < -0.4 is 0 Å². The van der Waals surface area contributed by atoms with E-state index in [4.69, 9.17) is 11.6 Å². The number of hydrogen-bond acceptors (Lipinski definition) is 0. The number of alkyl halides is 1. The summed E-state index contributed by atoms with van der Waals surface area (Å²) >= 11 is 6.24. The van der Waals surface area contributed by atoms with Crippen LogP contribution in [0.1, 0.15) is 31.9 Å². The molecule has 0 fully saturated rings. The molecule has 84 valence electrons. The average molecular weight is 225 g/mol. The first-order chi connectivity index (χ1) is 7.02. The van der Waals surface area contributed by atoms with Gasteiger partial charge in [-0.05, 0) is 43.2 Å². The van der Waals surface area contributed by atoms with E-state index in [0.717, 1.165) is 6.42 Å². The van der Waals surface area contributed by atoms with Crippen LogP contribution in [0.15, 0.2) is 24.3 Å². The van der Waals surface area contributed by atoms with Crippen molar-refractivity contribution in [2.75, 3.05) is 0 Å². The number of benzene rings is 1. The van der Waals surface area contributed by atoms with Gasteiger partial charge in [-0.15, -0.1) is 11.6 Å². The zero-order valence-electron chi connectivity index (χ0n) is 10.1. The second-order valence-corrected chi connectivity index (χ2v) is 5.40. The predicted octanol–water partition coefficient (Wildman–Crippen LogP) is 4.44. The van der Waals surface area contributed by atoms with E-state index in [1.165, 1.54) is 11.1 Å². The summed E-state index contributed by atoms with van der Waals surface area (Å²) in [6, 6.07) is 8.58. The summed E-state index contributed by atoms with van der Waals surface area (Å²) in [5.74, 6) is 1.20. The van der Waals surface area contributed by atoms with Crippen molar-refractivity contribution in [3.05, 3.63) is 35.4 Å². The highest BCUT2D eigenvalue weighted by Gasteiger charge is 2.19. The number of rotatable bonds is 4. The summed E-state index contributed by atoms with van der Waals surface area (Å²) in [5, 5.41) is 0.240. The molecule has 0 amide bonds. The number of halogens is 1. The van der Waals surface area contributed by atoms with E-state index in [2.05, 4.69) is 52.0 Å². The van der Waals surface area contributed by atoms with Crippen LogP contribution in [0, 0.1) is 18.8 Å². The first kappa shape index (κ1) is 12.6. The Balaban J connectivity index is 2.79. The van der Waals surface area contributed by atoms with Gasteiger partial charge in [-0.2, -0.15) is 0 Å². The van der Waals surface area contributed by atoms with E-state index < -0.39 is 0 Å². The number of aryl methyl sites for hydroxylation is 1. The maximum absolute atomic E-state index is 6.24. The van der Waals surface area contributed by atoms with E-state index in [0.29, 0.717) is 11.8 Å². The SMILES string of the molecule is Cc1ccccc1CC(C(C)C)C(C)Cl. The quantitative estimate of drug-likeness (QED) is 0.664. The normalized spacial score (nSPS) is 15.3. The van der Waals surface area contributed by atoms with Crippen LogP contribution in [0.25, 0.3) is 0 Å². The zero-order chi connectivity index (χ0) is 11.4. The highest BCUT2D eigenvalue weighted by atomic mass is 35.5. The summed E-state index contributed by atoms with van der Waals surface area (Å²) in [7, 11) is 0. The molecule has 2 unspecified atom stereocenters. The van der Waals surface area contributed by atoms with Crippen molar-refractivity contribution < 1.29 is 0 Å². The Labute approximate surface area is 98.7 Å². The Kier molecular flexibility index (Phi) is 4.66. The fourth-order valence-corrected chi connectivity index (χ4v) is 2.40. The van der Waals surface area contributed by atoms with Crippen LogP contribution in [0.5, 0.6) is 0 Å². The molecule has 0 nitrogen and oxygen atoms in total. The fourth-order valence-electron chi connectivity index (χ4n) is 2.02. The van der Waals surface area contributed by atoms with Crippen LogP contribution in [-0.2, 0) is 6.42 Å². The van der Waals surface area contributed by atoms with Gasteiger partial charge in [-0.25, -0.2) is 0 Å². The summed E-state index contributed by atoms with van der Waals surface area (Å²) < 4.78 is 0. The largest absolute Gasteiger partial charge is 0.123 e. The molecule has 1 aromatic carbocycles. The predicted molar refractivity (Wildman–Crippen MR) is 68.5 cm³/mol. The van der Waals surface area contributed by atoms with E-state index in [1.54, 1.807) is 0 Å². The summed E-state index contributed by atoms with van der Waals surface area (Å²) in [4.78, 5) is 0. The van der Waals surface area contributed by atoms with E-state index >= 15 is 0 Å². The van der Waals surface area contributed by atoms with Crippen LogP contribution in [-0.4, -0.2) is 5.38 Å². The Bertz CT molecular complexity index is 294. The van der Waals surface area contributed by atoms with Gasteiger partial charge in [0.2, 0.25) is 0 Å². The highest BCUT2D eigenvalue weighted by molar-refractivity contribution is 6.20. The lowest BCUT2D eigenvalue weighted by Crippen LogP contribution is -2.21. The van der Waals surface area contributed by atoms with Gasteiger partial charge in [0, 0.05) is 5.38 Å². The van der Waals surface area contributed by atoms with Gasteiger partial charge in [0.25, 0.3) is 0 Å². The molecular formula is C14H21Cl. The molecule has 1 heteroatoms. The first-order valence-electron chi connectivity index (χ1n) is 5.71. The topological polar surface area (TPSA) is 0 Å². The third-order valence-corrected chi connectivity index (χ3v) is 3.49. The van der Waals surface area contributed by atoms with E-state index in [1.807, 2.05) is 0 Å². The van der Waals surface area contributed by atoms with Crippen LogP contribution in [0.4, 0.5) is 0 Å². The molecule has 0 N–H and O–H groups in total. The van der Waals surface area contributed by atoms with E-state index in [-0.39, 0.29) is 5.38 Å². The summed E-state index contributed by atoms with van der Waals surface area (Å²) in [6.45, 7) is 8.78. The molecule has 1 aromatic rings. The van der Waals surface area contributed by atoms with Crippen molar-refractivity contribution in [1.29, 1.82) is 0 Å². The molecule has 0 heterocycles. The summed E-state index contributed by atoms with van der Waals surface area (Å²) in [5.41, 5.74) is 2.81. The zero-order valence-corrected chi connectivity index (χ0v) is 10.9. The fraction of sp³-hybridized carbons (Fsp3) is 0.571. The van der Waals surface area contributed by atoms with Crippen LogP contribution in [0.3, 0.4) is 0 Å². The molecular weight excluding hydrogens is 204 g/mol. The van der Waals surface area contributed by atoms with Gasteiger partial charge in [-0.3, -0.25) is 0 Å². The Hall–Kier alpha value is -0.490. The molecule has 0 saturated heterocycles. The van der Waals surface area contributed by atoms with E-state index in [9.17, 15) is 0 Å². The van der Waals surface area contributed by atoms with Gasteiger partial charge in [0.05, 0.1) is 0 Å². The lowest BCUT2D eigenvalue weighted by Gasteiger charge is -2.24. The first-order valence-corrected chi connectivity index (χ1v) is 6.14. The molecule has 15 heavy (non-hydrogen) atoms. The van der Waals surface area contributed by atoms with Gasteiger partial charge in [-0.1, -0.05) is 38.1 Å². The van der Waals surface area contributed by atoms with Crippen LogP contribution >= 0.6 is 11.6 Å². The number of hydrogen-bond donors (Lipinski definition) is 0. The maximum Gasteiger partial charge on any atom is 0.0341 e. The minimum absolute atomic E-state index is 0.240. The van der Waals surface area contributed by atoms with Crippen LogP contribution in [0.2, 0.25) is 0 Å². The standard InChI is InChI=1S/C14H21Cl/c1-10(2)14(12(4)15)9-13-8-6-5-7-11(13)3/h5-8,10,12,14H,9H2,1-4H3. The third-order valence-electron chi connectivity index (χ3n) is 3.16. The molecule has 0 aliphatic carbocycles. The average Bonchev–Trinajstić information content (AvgIpc) is 2.15. The Morgan fingerprint density at radius 3 is 2.20 bits per heavy atom. The van der Waals surface area contributed by atoms with Crippen molar-refractivity contribution >= 4 is 11.6 Å². The lowest BCUT2D eigenvalue weighted by molar-refractivity contribution is 0.376. The molecule has 1 rings (SSSR count). The van der Waals surface area contributed by atoms with Gasteiger partial charge in [0.15, 0.2) is 0 Å². The molecule has 0 radical (unpaired) electrons. The molecule has 0 saturated carbocycles. The van der Waals surface area contributed by atoms with Crippen molar-refractivity contribution in [2.24, 2.45) is 11.8 Å². The minimum atomic E-state index is 0.240. The highest BCUT2D eigenvalue weighted by Crippen LogP contribution is 2.25. The molecule has 2 atom stereocenters. The third kappa shape index (κ3) is 3.53. The smallest absolute Gasteiger partial charge is 0.0341 e. The second kappa shape index (κ2) is 5.55. The Morgan fingerprint density at radius 1 is 1.13 bits per heavy atom. The Morgan fingerprint density at radius 2 is 1.73 bits per heavy atom. The van der Waals surface area contributed by atoms with Gasteiger partial charge in [0.1, 0.15) is 0 Å². The second-order valence-electron chi connectivity index (χ2n) is 4.72. The van der Waals surface area contributed by atoms with Crippen molar-refractivity contribution in [3.63, 3.8) is 0 Å². The molecule has 0 aromatic heterocycles. The van der Waals surface area contributed by atoms with Crippen molar-refractivity contribution in [1.82, 2.24) is 0 Å². The summed E-state index contributed by atoms with van der Waals surface area (Å²) in [6.07, 6.45) is 1.09. The van der Waals surface area contributed by atoms with Crippen molar-refractivity contribution in [2.45, 2.75) is 39.5 Å². The van der Waals surface area contributed by atoms with Crippen molar-refractivity contribution in [3.8, 4) is 0 Å². The molecule has 0 bridgehead atoms. The minimum Gasteiger partial charge on any atom is -0.123 e. The van der Waals surface area contributed by atoms with Gasteiger partial charge < -0.3 is 0 Å². The molecule has 0 aliphatic rings. The maximum atomic E-state index is 6.24. The lowest BCUT2D eigenvalue weighted by atomic mass is 9.86. The molecule has 0 spiro atoms. The molecule has 0 aliphatic heterocycles. The van der Waals surface area contributed by atoms with Gasteiger partial charge >= 0.3 is 0 Å². The monoisotopic (exact) mass is 224 g/mol.